The molecule has 0 unspecified atom stereocenters. The van der Waals surface area contributed by atoms with Crippen molar-refractivity contribution in [2.75, 3.05) is 31.5 Å². The number of amides is 2. The van der Waals surface area contributed by atoms with E-state index >= 15 is 0 Å². The molecule has 0 spiro atoms. The molecule has 0 bridgehead atoms. The van der Waals surface area contributed by atoms with E-state index in [0.29, 0.717) is 36.4 Å². The van der Waals surface area contributed by atoms with Crippen molar-refractivity contribution in [1.29, 1.82) is 0 Å². The molecule has 160 valence electrons. The third kappa shape index (κ3) is 5.83. The number of halogens is 1. The number of hydrogen-bond donors (Lipinski definition) is 1. The number of rotatable bonds is 7. The number of piperidine rings is 1. The zero-order valence-electron chi connectivity index (χ0n) is 17.7. The molecule has 1 fully saturated rings. The van der Waals surface area contributed by atoms with Gasteiger partial charge in [0.05, 0.1) is 17.3 Å². The van der Waals surface area contributed by atoms with Gasteiger partial charge in [-0.1, -0.05) is 42.8 Å². The number of carbonyl (C=O) groups is 2. The normalized spacial score (nSPS) is 14.7. The highest BCUT2D eigenvalue weighted by Crippen LogP contribution is 2.23. The van der Waals surface area contributed by atoms with E-state index < -0.39 is 0 Å². The van der Waals surface area contributed by atoms with Crippen molar-refractivity contribution in [3.63, 3.8) is 0 Å². The molecule has 0 aromatic heterocycles. The maximum atomic E-state index is 12.7. The molecule has 1 N–H and O–H groups in total. The molecule has 0 radical (unpaired) electrons. The highest BCUT2D eigenvalue weighted by Gasteiger charge is 2.28. The fourth-order valence-electron chi connectivity index (χ4n) is 3.97. The van der Waals surface area contributed by atoms with E-state index in [9.17, 15) is 9.59 Å². The molecule has 0 atom stereocenters. The molecule has 6 heteroatoms. The van der Waals surface area contributed by atoms with Crippen molar-refractivity contribution >= 4 is 29.1 Å². The van der Waals surface area contributed by atoms with Crippen LogP contribution in [0.2, 0.25) is 5.02 Å². The fourth-order valence-corrected chi connectivity index (χ4v) is 4.25. The number of nitrogens with zero attached hydrogens (tertiary/aromatic N) is 2. The van der Waals surface area contributed by atoms with E-state index in [1.165, 1.54) is 0 Å². The summed E-state index contributed by atoms with van der Waals surface area (Å²) in [7, 11) is 0. The van der Waals surface area contributed by atoms with Gasteiger partial charge in [-0.25, -0.2) is 0 Å². The predicted octanol–water partition coefficient (Wildman–Crippen LogP) is 4.60. The Hall–Kier alpha value is -2.37. The highest BCUT2D eigenvalue weighted by molar-refractivity contribution is 6.33. The SMILES string of the molecule is CCCN(CC(=O)Nc1ccc(C)cc1Cl)C1CCN(C(=O)c2ccccc2)CC1. The molecule has 1 heterocycles. The van der Waals surface area contributed by atoms with Crippen LogP contribution in [0.25, 0.3) is 0 Å². The van der Waals surface area contributed by atoms with E-state index in [1.807, 2.05) is 60.4 Å². The molecule has 1 aliphatic heterocycles. The summed E-state index contributed by atoms with van der Waals surface area (Å²) < 4.78 is 0. The standard InChI is InChI=1S/C24H30ClN3O2/c1-3-13-28(17-23(29)26-22-10-9-18(2)16-21(22)25)20-11-14-27(15-12-20)24(30)19-7-5-4-6-8-19/h4-10,16,20H,3,11-15,17H2,1-2H3,(H,26,29). The molecule has 3 rings (SSSR count). The maximum absolute atomic E-state index is 12.7. The topological polar surface area (TPSA) is 52.7 Å². The van der Waals surface area contributed by atoms with Gasteiger partial charge in [0.1, 0.15) is 0 Å². The lowest BCUT2D eigenvalue weighted by Gasteiger charge is -2.38. The van der Waals surface area contributed by atoms with Crippen molar-refractivity contribution in [3.05, 3.63) is 64.7 Å². The van der Waals surface area contributed by atoms with E-state index in [2.05, 4.69) is 17.1 Å². The molecule has 1 saturated heterocycles. The first-order valence-corrected chi connectivity index (χ1v) is 11.0. The van der Waals surface area contributed by atoms with Gasteiger partial charge in [-0.3, -0.25) is 14.5 Å². The minimum atomic E-state index is -0.0583. The molecular formula is C24H30ClN3O2. The van der Waals surface area contributed by atoms with Crippen LogP contribution in [0.15, 0.2) is 48.5 Å². The van der Waals surface area contributed by atoms with Gasteiger partial charge >= 0.3 is 0 Å². The van der Waals surface area contributed by atoms with Crippen LogP contribution in [0.4, 0.5) is 5.69 Å². The van der Waals surface area contributed by atoms with Gasteiger partial charge in [-0.2, -0.15) is 0 Å². The third-order valence-electron chi connectivity index (χ3n) is 5.55. The Morgan fingerprint density at radius 3 is 2.47 bits per heavy atom. The van der Waals surface area contributed by atoms with Crippen molar-refractivity contribution in [2.45, 2.75) is 39.2 Å². The van der Waals surface area contributed by atoms with Gasteiger partial charge < -0.3 is 10.2 Å². The van der Waals surface area contributed by atoms with Crippen molar-refractivity contribution in [1.82, 2.24) is 9.80 Å². The summed E-state index contributed by atoms with van der Waals surface area (Å²) in [5.74, 6) is 0.0276. The fraction of sp³-hybridized carbons (Fsp3) is 0.417. The number of aryl methyl sites for hydroxylation is 1. The quantitative estimate of drug-likeness (QED) is 0.702. The number of anilines is 1. The molecular weight excluding hydrogens is 398 g/mol. The summed E-state index contributed by atoms with van der Waals surface area (Å²) in [5, 5.41) is 3.49. The second-order valence-corrected chi connectivity index (χ2v) is 8.30. The van der Waals surface area contributed by atoms with Crippen LogP contribution < -0.4 is 5.32 Å². The van der Waals surface area contributed by atoms with E-state index in [4.69, 9.17) is 11.6 Å². The number of hydrogen-bond acceptors (Lipinski definition) is 3. The van der Waals surface area contributed by atoms with Crippen LogP contribution in [0, 0.1) is 6.92 Å². The molecule has 30 heavy (non-hydrogen) atoms. The van der Waals surface area contributed by atoms with E-state index in [0.717, 1.165) is 36.9 Å². The monoisotopic (exact) mass is 427 g/mol. The number of benzene rings is 2. The highest BCUT2D eigenvalue weighted by atomic mass is 35.5. The predicted molar refractivity (Wildman–Crippen MR) is 122 cm³/mol. The van der Waals surface area contributed by atoms with Crippen molar-refractivity contribution in [2.24, 2.45) is 0 Å². The van der Waals surface area contributed by atoms with Gasteiger partial charge in [0.2, 0.25) is 5.91 Å². The lowest BCUT2D eigenvalue weighted by atomic mass is 10.0. The van der Waals surface area contributed by atoms with Gasteiger partial charge in [0, 0.05) is 24.7 Å². The van der Waals surface area contributed by atoms with Crippen LogP contribution >= 0.6 is 11.6 Å². The molecule has 2 amide bonds. The summed E-state index contributed by atoms with van der Waals surface area (Å²) in [5.41, 5.74) is 2.44. The van der Waals surface area contributed by atoms with Crippen LogP contribution in [-0.4, -0.2) is 53.8 Å². The lowest BCUT2D eigenvalue weighted by Crippen LogP contribution is -2.49. The Balaban J connectivity index is 1.56. The number of nitrogens with one attached hydrogen (secondary N) is 1. The smallest absolute Gasteiger partial charge is 0.253 e. The molecule has 0 aliphatic carbocycles. The lowest BCUT2D eigenvalue weighted by molar-refractivity contribution is -0.118. The van der Waals surface area contributed by atoms with Crippen molar-refractivity contribution < 1.29 is 9.59 Å². The summed E-state index contributed by atoms with van der Waals surface area (Å²) in [6.45, 7) is 6.70. The second-order valence-electron chi connectivity index (χ2n) is 7.89. The average Bonchev–Trinajstić information content (AvgIpc) is 2.76. The third-order valence-corrected chi connectivity index (χ3v) is 5.86. The summed E-state index contributed by atoms with van der Waals surface area (Å²) >= 11 is 6.25. The molecule has 2 aromatic carbocycles. The number of carbonyl (C=O) groups excluding carboxylic acids is 2. The van der Waals surface area contributed by atoms with Crippen LogP contribution in [0.3, 0.4) is 0 Å². The minimum absolute atomic E-state index is 0.0583. The molecule has 2 aromatic rings. The van der Waals surface area contributed by atoms with Crippen LogP contribution in [0.5, 0.6) is 0 Å². The zero-order valence-corrected chi connectivity index (χ0v) is 18.5. The number of likely N-dealkylation sites (tertiary alicyclic amines) is 1. The minimum Gasteiger partial charge on any atom is -0.339 e. The Labute approximate surface area is 184 Å². The first-order chi connectivity index (χ1) is 14.5. The largest absolute Gasteiger partial charge is 0.339 e. The first-order valence-electron chi connectivity index (χ1n) is 10.6. The molecule has 0 saturated carbocycles. The Kier molecular flexibility index (Phi) is 7.88. The zero-order chi connectivity index (χ0) is 21.5. The Bertz CT molecular complexity index is 864. The first kappa shape index (κ1) is 22.3. The second kappa shape index (κ2) is 10.6. The summed E-state index contributed by atoms with van der Waals surface area (Å²) in [4.78, 5) is 29.5. The van der Waals surface area contributed by atoms with Gasteiger partial charge in [-0.05, 0) is 62.6 Å². The van der Waals surface area contributed by atoms with Crippen LogP contribution in [-0.2, 0) is 4.79 Å². The molecule has 1 aliphatic rings. The summed E-state index contributed by atoms with van der Waals surface area (Å²) in [6.07, 6.45) is 2.72. The van der Waals surface area contributed by atoms with E-state index in [1.54, 1.807) is 0 Å². The van der Waals surface area contributed by atoms with Crippen molar-refractivity contribution in [3.8, 4) is 0 Å². The Morgan fingerprint density at radius 1 is 1.13 bits per heavy atom. The van der Waals surface area contributed by atoms with E-state index in [-0.39, 0.29) is 11.8 Å². The van der Waals surface area contributed by atoms with Gasteiger partial charge in [0.25, 0.3) is 5.91 Å². The average molecular weight is 428 g/mol. The molecule has 5 nitrogen and oxygen atoms in total. The summed E-state index contributed by atoms with van der Waals surface area (Å²) in [6, 6.07) is 15.3. The van der Waals surface area contributed by atoms with Gasteiger partial charge in [-0.15, -0.1) is 0 Å². The van der Waals surface area contributed by atoms with Gasteiger partial charge in [0.15, 0.2) is 0 Å². The van der Waals surface area contributed by atoms with Crippen LogP contribution in [0.1, 0.15) is 42.1 Å². The maximum Gasteiger partial charge on any atom is 0.253 e. The Morgan fingerprint density at radius 2 is 1.83 bits per heavy atom.